The topological polar surface area (TPSA) is 80.4 Å². The van der Waals surface area contributed by atoms with Crippen LogP contribution in [0.25, 0.3) is 0 Å². The minimum absolute atomic E-state index is 0.0596. The van der Waals surface area contributed by atoms with E-state index in [1.807, 2.05) is 4.90 Å². The summed E-state index contributed by atoms with van der Waals surface area (Å²) >= 11 is 0. The van der Waals surface area contributed by atoms with Gasteiger partial charge in [0.15, 0.2) is 0 Å². The van der Waals surface area contributed by atoms with Crippen molar-refractivity contribution in [2.75, 3.05) is 11.9 Å². The number of aromatic nitrogens is 2. The standard InChI is InChI=1S/C22H23FN4O3/c1-15-19(9-11-30-15)22(29)25-18-12-24-26(13-18)14-21(28)27-10-3-2-4-20(27)16-5-7-17(23)8-6-16/h5-9,11-13,20H,2-4,10,14H2,1H3,(H,25,29). The van der Waals surface area contributed by atoms with Crippen LogP contribution in [0.2, 0.25) is 0 Å². The van der Waals surface area contributed by atoms with E-state index in [2.05, 4.69) is 10.4 Å². The highest BCUT2D eigenvalue weighted by molar-refractivity contribution is 6.04. The lowest BCUT2D eigenvalue weighted by atomic mass is 9.95. The molecule has 3 heterocycles. The fraction of sp³-hybridized carbons (Fsp3) is 0.318. The van der Waals surface area contributed by atoms with Gasteiger partial charge in [-0.1, -0.05) is 12.1 Å². The zero-order chi connectivity index (χ0) is 21.1. The van der Waals surface area contributed by atoms with E-state index in [1.54, 1.807) is 31.3 Å². The van der Waals surface area contributed by atoms with Crippen molar-refractivity contribution >= 4 is 17.5 Å². The quantitative estimate of drug-likeness (QED) is 0.691. The Hall–Kier alpha value is -3.42. The summed E-state index contributed by atoms with van der Waals surface area (Å²) in [7, 11) is 0. The maximum Gasteiger partial charge on any atom is 0.259 e. The van der Waals surface area contributed by atoms with Crippen LogP contribution in [0.5, 0.6) is 0 Å². The van der Waals surface area contributed by atoms with E-state index in [-0.39, 0.29) is 30.2 Å². The molecule has 0 aliphatic carbocycles. The summed E-state index contributed by atoms with van der Waals surface area (Å²) < 4.78 is 19.9. The Bertz CT molecular complexity index is 1040. The number of benzene rings is 1. The normalized spacial score (nSPS) is 16.5. The van der Waals surface area contributed by atoms with Gasteiger partial charge in [0.25, 0.3) is 5.91 Å². The Morgan fingerprint density at radius 3 is 2.77 bits per heavy atom. The van der Waals surface area contributed by atoms with Gasteiger partial charge in [0.1, 0.15) is 18.1 Å². The van der Waals surface area contributed by atoms with Crippen molar-refractivity contribution in [3.63, 3.8) is 0 Å². The molecule has 156 valence electrons. The summed E-state index contributed by atoms with van der Waals surface area (Å²) in [5, 5.41) is 6.95. The average Bonchev–Trinajstić information content (AvgIpc) is 3.37. The number of rotatable bonds is 5. The minimum Gasteiger partial charge on any atom is -0.469 e. The monoisotopic (exact) mass is 410 g/mol. The third-order valence-electron chi connectivity index (χ3n) is 5.37. The van der Waals surface area contributed by atoms with Crippen LogP contribution in [0, 0.1) is 12.7 Å². The predicted octanol–water partition coefficient (Wildman–Crippen LogP) is 3.93. The highest BCUT2D eigenvalue weighted by Crippen LogP contribution is 2.31. The lowest BCUT2D eigenvalue weighted by Crippen LogP contribution is -2.40. The molecule has 7 nitrogen and oxygen atoms in total. The Morgan fingerprint density at radius 1 is 1.23 bits per heavy atom. The van der Waals surface area contributed by atoms with E-state index in [1.165, 1.54) is 29.3 Å². The SMILES string of the molecule is Cc1occc1C(=O)Nc1cnn(CC(=O)N2CCCCC2c2ccc(F)cc2)c1. The van der Waals surface area contributed by atoms with Crippen molar-refractivity contribution in [1.29, 1.82) is 0 Å². The second-order valence-electron chi connectivity index (χ2n) is 7.42. The zero-order valence-corrected chi connectivity index (χ0v) is 16.7. The maximum atomic E-state index is 13.3. The summed E-state index contributed by atoms with van der Waals surface area (Å²) in [6.45, 7) is 2.44. The highest BCUT2D eigenvalue weighted by atomic mass is 19.1. The van der Waals surface area contributed by atoms with E-state index >= 15 is 0 Å². The van der Waals surface area contributed by atoms with Crippen LogP contribution in [0.4, 0.5) is 10.1 Å². The molecule has 4 rings (SSSR count). The molecule has 1 aliphatic rings. The van der Waals surface area contributed by atoms with Gasteiger partial charge in [0.05, 0.1) is 29.8 Å². The molecule has 1 aromatic carbocycles. The van der Waals surface area contributed by atoms with Gasteiger partial charge in [-0.25, -0.2) is 4.39 Å². The minimum atomic E-state index is -0.292. The average molecular weight is 410 g/mol. The van der Waals surface area contributed by atoms with Crippen LogP contribution in [0.3, 0.4) is 0 Å². The van der Waals surface area contributed by atoms with Gasteiger partial charge in [-0.2, -0.15) is 5.10 Å². The first-order chi connectivity index (χ1) is 14.5. The molecule has 8 heteroatoms. The van der Waals surface area contributed by atoms with Crippen molar-refractivity contribution < 1.29 is 18.4 Å². The number of likely N-dealkylation sites (tertiary alicyclic amines) is 1. The summed E-state index contributed by atoms with van der Waals surface area (Å²) in [6.07, 6.45) is 7.41. The van der Waals surface area contributed by atoms with Crippen LogP contribution < -0.4 is 5.32 Å². The van der Waals surface area contributed by atoms with E-state index in [9.17, 15) is 14.0 Å². The number of aryl methyl sites for hydroxylation is 1. The second-order valence-corrected chi connectivity index (χ2v) is 7.42. The number of carbonyl (C=O) groups excluding carboxylic acids is 2. The number of nitrogens with one attached hydrogen (secondary N) is 1. The Labute approximate surface area is 173 Å². The smallest absolute Gasteiger partial charge is 0.259 e. The van der Waals surface area contributed by atoms with Crippen molar-refractivity contribution in [3.05, 3.63) is 71.7 Å². The van der Waals surface area contributed by atoms with Crippen molar-refractivity contribution in [2.24, 2.45) is 0 Å². The molecular formula is C22H23FN4O3. The second kappa shape index (κ2) is 8.52. The van der Waals surface area contributed by atoms with Crippen molar-refractivity contribution in [2.45, 2.75) is 38.8 Å². The van der Waals surface area contributed by atoms with Gasteiger partial charge in [0.2, 0.25) is 5.91 Å². The van der Waals surface area contributed by atoms with E-state index in [0.29, 0.717) is 23.6 Å². The molecule has 1 unspecified atom stereocenters. The Kier molecular flexibility index (Phi) is 5.65. The molecule has 0 spiro atoms. The molecule has 1 aliphatic heterocycles. The van der Waals surface area contributed by atoms with Gasteiger partial charge in [-0.3, -0.25) is 14.3 Å². The highest BCUT2D eigenvalue weighted by Gasteiger charge is 2.28. The number of furan rings is 1. The summed E-state index contributed by atoms with van der Waals surface area (Å²) in [4.78, 5) is 27.1. The third-order valence-corrected chi connectivity index (χ3v) is 5.37. The fourth-order valence-electron chi connectivity index (χ4n) is 3.82. The molecule has 3 aromatic rings. The lowest BCUT2D eigenvalue weighted by molar-refractivity contribution is -0.135. The molecule has 2 amide bonds. The molecule has 30 heavy (non-hydrogen) atoms. The molecular weight excluding hydrogens is 387 g/mol. The van der Waals surface area contributed by atoms with Crippen molar-refractivity contribution in [3.8, 4) is 0 Å². The van der Waals surface area contributed by atoms with Crippen LogP contribution in [0.15, 0.2) is 53.4 Å². The van der Waals surface area contributed by atoms with Crippen LogP contribution in [0.1, 0.15) is 47.0 Å². The number of anilines is 1. The number of hydrogen-bond acceptors (Lipinski definition) is 4. The maximum absolute atomic E-state index is 13.3. The number of amides is 2. The van der Waals surface area contributed by atoms with E-state index < -0.39 is 0 Å². The molecule has 1 atom stereocenters. The largest absolute Gasteiger partial charge is 0.469 e. The fourth-order valence-corrected chi connectivity index (χ4v) is 3.82. The van der Waals surface area contributed by atoms with Gasteiger partial charge in [0, 0.05) is 12.7 Å². The number of carbonyl (C=O) groups is 2. The number of hydrogen-bond donors (Lipinski definition) is 1. The van der Waals surface area contributed by atoms with Gasteiger partial charge < -0.3 is 14.6 Å². The molecule has 1 saturated heterocycles. The molecule has 1 fully saturated rings. The Morgan fingerprint density at radius 2 is 2.03 bits per heavy atom. The van der Waals surface area contributed by atoms with Gasteiger partial charge in [-0.05, 0) is 49.9 Å². The van der Waals surface area contributed by atoms with Crippen LogP contribution in [-0.2, 0) is 11.3 Å². The molecule has 0 saturated carbocycles. The summed E-state index contributed by atoms with van der Waals surface area (Å²) in [6, 6.07) is 7.87. The first-order valence-corrected chi connectivity index (χ1v) is 9.94. The lowest BCUT2D eigenvalue weighted by Gasteiger charge is -2.36. The number of halogens is 1. The molecule has 1 N–H and O–H groups in total. The summed E-state index contributed by atoms with van der Waals surface area (Å²) in [5.74, 6) is -0.105. The zero-order valence-electron chi connectivity index (χ0n) is 16.7. The van der Waals surface area contributed by atoms with Crippen molar-refractivity contribution in [1.82, 2.24) is 14.7 Å². The third kappa shape index (κ3) is 4.27. The molecule has 0 radical (unpaired) electrons. The molecule has 0 bridgehead atoms. The number of piperidine rings is 1. The number of nitrogens with zero attached hydrogens (tertiary/aromatic N) is 3. The predicted molar refractivity (Wildman–Crippen MR) is 108 cm³/mol. The summed E-state index contributed by atoms with van der Waals surface area (Å²) in [5.41, 5.74) is 1.89. The van der Waals surface area contributed by atoms with E-state index in [4.69, 9.17) is 4.42 Å². The Balaban J connectivity index is 1.42. The van der Waals surface area contributed by atoms with Crippen LogP contribution in [-0.4, -0.2) is 33.0 Å². The first kappa shape index (κ1) is 19.9. The van der Waals surface area contributed by atoms with E-state index in [0.717, 1.165) is 24.8 Å². The van der Waals surface area contributed by atoms with Crippen LogP contribution >= 0.6 is 0 Å². The first-order valence-electron chi connectivity index (χ1n) is 9.94. The molecule has 2 aromatic heterocycles. The van der Waals surface area contributed by atoms with Gasteiger partial charge >= 0.3 is 0 Å². The van der Waals surface area contributed by atoms with Gasteiger partial charge in [-0.15, -0.1) is 0 Å².